The Bertz CT molecular complexity index is 1420. The van der Waals surface area contributed by atoms with Crippen LogP contribution in [0.1, 0.15) is 44.4 Å². The molecular weight excluding hydrogens is 457 g/mol. The molecule has 31 heavy (non-hydrogen) atoms. The van der Waals surface area contributed by atoms with Gasteiger partial charge in [-0.1, -0.05) is 32.6 Å². The first-order chi connectivity index (χ1) is 15.1. The monoisotopic (exact) mass is 480 g/mol. The first-order valence-electron chi connectivity index (χ1n) is 10.4. The van der Waals surface area contributed by atoms with Gasteiger partial charge in [0.15, 0.2) is 0 Å². The van der Waals surface area contributed by atoms with Crippen LogP contribution in [0, 0.1) is 30.2 Å². The molecule has 0 bridgehead atoms. The Morgan fingerprint density at radius 1 is 0.806 bits per heavy atom. The topological polar surface area (TPSA) is 51.6 Å². The van der Waals surface area contributed by atoms with E-state index < -0.39 is 8.07 Å². The second kappa shape index (κ2) is 8.88. The average molecular weight is 481 g/mol. The molecule has 2 aromatic carbocycles. The lowest BCUT2D eigenvalue weighted by molar-refractivity contribution is 1.20. The largest absolute Gasteiger partial charge is 0.172 e. The van der Waals surface area contributed by atoms with E-state index in [1.54, 1.807) is 11.8 Å². The number of fused-ring (bicyclic) bond motifs is 5. The summed E-state index contributed by atoms with van der Waals surface area (Å²) in [6, 6.07) is 3.52. The van der Waals surface area contributed by atoms with E-state index in [1.807, 2.05) is 6.92 Å². The molecule has 4 aromatic rings. The summed E-state index contributed by atoms with van der Waals surface area (Å²) < 4.78 is 18.7. The third-order valence-corrected chi connectivity index (χ3v) is 12.9. The van der Waals surface area contributed by atoms with E-state index in [2.05, 4.69) is 61.6 Å². The fraction of sp³-hybridized carbons (Fsp3) is 0.391. The zero-order chi connectivity index (χ0) is 22.2. The van der Waals surface area contributed by atoms with Gasteiger partial charge in [-0.2, -0.15) is 17.5 Å². The molecule has 0 unspecified atom stereocenters. The smallest absolute Gasteiger partial charge is 0.138 e. The van der Waals surface area contributed by atoms with Crippen molar-refractivity contribution in [3.05, 3.63) is 16.7 Å². The van der Waals surface area contributed by atoms with Crippen LogP contribution in [0.2, 0.25) is 18.1 Å². The van der Waals surface area contributed by atoms with Crippen LogP contribution in [-0.4, -0.2) is 31.8 Å². The molecule has 0 aliphatic rings. The highest BCUT2D eigenvalue weighted by molar-refractivity contribution is 7.99. The zero-order valence-corrected chi connectivity index (χ0v) is 22.1. The zero-order valence-electron chi connectivity index (χ0n) is 18.6. The second-order valence-corrected chi connectivity index (χ2v) is 14.4. The normalized spacial score (nSPS) is 11.5. The minimum absolute atomic E-state index is 0.875. The lowest BCUT2D eigenvalue weighted by atomic mass is 9.95. The van der Waals surface area contributed by atoms with Crippen LogP contribution in [-0.2, 0) is 0 Å². The summed E-state index contributed by atoms with van der Waals surface area (Å²) in [5, 5.41) is 2.18. The summed E-state index contributed by atoms with van der Waals surface area (Å²) in [4.78, 5) is 1.13. The van der Waals surface area contributed by atoms with Crippen molar-refractivity contribution in [1.29, 1.82) is 0 Å². The van der Waals surface area contributed by atoms with Gasteiger partial charge in [-0.05, 0) is 43.8 Å². The van der Waals surface area contributed by atoms with E-state index in [9.17, 15) is 0 Å². The van der Waals surface area contributed by atoms with Crippen molar-refractivity contribution in [2.24, 2.45) is 0 Å². The van der Waals surface area contributed by atoms with E-state index in [0.29, 0.717) is 0 Å². The Labute approximate surface area is 196 Å². The molecule has 8 heteroatoms. The fourth-order valence-electron chi connectivity index (χ4n) is 4.20. The van der Waals surface area contributed by atoms with Crippen molar-refractivity contribution < 1.29 is 0 Å². The molecule has 4 nitrogen and oxygen atoms in total. The second-order valence-electron chi connectivity index (χ2n) is 7.55. The lowest BCUT2D eigenvalue weighted by Gasteiger charge is -2.20. The molecule has 2 aromatic heterocycles. The van der Waals surface area contributed by atoms with E-state index in [-0.39, 0.29) is 0 Å². The van der Waals surface area contributed by atoms with Crippen molar-refractivity contribution in [1.82, 2.24) is 17.5 Å². The molecule has 0 radical (unpaired) electrons. The third-order valence-electron chi connectivity index (χ3n) is 6.32. The minimum atomic E-state index is -1.60. The van der Waals surface area contributed by atoms with Gasteiger partial charge in [0, 0.05) is 15.7 Å². The van der Waals surface area contributed by atoms with Crippen LogP contribution in [0.25, 0.3) is 32.8 Å². The Morgan fingerprint density at radius 2 is 1.35 bits per heavy atom. The number of aromatic nitrogens is 4. The molecule has 0 aliphatic heterocycles. The summed E-state index contributed by atoms with van der Waals surface area (Å²) in [6.07, 6.45) is 2.11. The SMILES string of the molecule is CC#Cc1c(C)c2c3nsnc3c(C#C[Si](CC)(CC)CC)c(SC)c2c2nsnc12. The highest BCUT2D eigenvalue weighted by atomic mass is 32.2. The van der Waals surface area contributed by atoms with Crippen molar-refractivity contribution >= 4 is 76.1 Å². The van der Waals surface area contributed by atoms with Crippen LogP contribution < -0.4 is 0 Å². The van der Waals surface area contributed by atoms with E-state index in [0.717, 1.165) is 54.4 Å². The molecule has 4 rings (SSSR count). The molecule has 158 valence electrons. The number of hydrogen-bond donors (Lipinski definition) is 0. The van der Waals surface area contributed by atoms with E-state index >= 15 is 0 Å². The average Bonchev–Trinajstić information content (AvgIpc) is 3.47. The third kappa shape index (κ3) is 3.46. The van der Waals surface area contributed by atoms with Gasteiger partial charge < -0.3 is 0 Å². The summed E-state index contributed by atoms with van der Waals surface area (Å²) in [6.45, 7) is 10.8. The van der Waals surface area contributed by atoms with Gasteiger partial charge in [-0.15, -0.1) is 23.2 Å². The standard InChI is InChI=1S/C23H24N4S3Si/c1-7-11-15-14(5)17-18(22-19(15)24-29-27-22)23(28-6)16(20-21(17)26-30-25-20)12-13-31(8-2,9-3)10-4/h8-10H2,1-6H3. The number of hydrogen-bond acceptors (Lipinski definition) is 7. The van der Waals surface area contributed by atoms with Gasteiger partial charge >= 0.3 is 0 Å². The van der Waals surface area contributed by atoms with Crippen LogP contribution in [0.5, 0.6) is 0 Å². The minimum Gasteiger partial charge on any atom is -0.172 e. The molecule has 0 aliphatic carbocycles. The van der Waals surface area contributed by atoms with Gasteiger partial charge in [0.25, 0.3) is 0 Å². The van der Waals surface area contributed by atoms with Crippen molar-refractivity contribution in [3.8, 4) is 23.3 Å². The summed E-state index contributed by atoms with van der Waals surface area (Å²) in [5.41, 5.74) is 10.4. The number of aryl methyl sites for hydroxylation is 1. The van der Waals surface area contributed by atoms with E-state index in [1.165, 1.54) is 41.6 Å². The maximum Gasteiger partial charge on any atom is 0.138 e. The van der Waals surface area contributed by atoms with Gasteiger partial charge in [0.2, 0.25) is 0 Å². The van der Waals surface area contributed by atoms with E-state index in [4.69, 9.17) is 13.1 Å². The summed E-state index contributed by atoms with van der Waals surface area (Å²) >= 11 is 4.20. The number of nitrogens with zero attached hydrogens (tertiary/aromatic N) is 4. The predicted molar refractivity (Wildman–Crippen MR) is 139 cm³/mol. The Hall–Kier alpha value is -1.97. The molecule has 2 heterocycles. The Balaban J connectivity index is 2.21. The molecule has 0 saturated carbocycles. The molecular formula is C23H24N4S3Si. The molecule has 0 fully saturated rings. The molecule has 0 N–H and O–H groups in total. The maximum atomic E-state index is 4.71. The van der Waals surface area contributed by atoms with Crippen molar-refractivity contribution in [2.75, 3.05) is 6.26 Å². The van der Waals surface area contributed by atoms with Gasteiger partial charge in [0.05, 0.1) is 34.6 Å². The summed E-state index contributed by atoms with van der Waals surface area (Å²) in [7, 11) is -1.60. The van der Waals surface area contributed by atoms with Crippen LogP contribution >= 0.6 is 35.2 Å². The van der Waals surface area contributed by atoms with Crippen LogP contribution in [0.4, 0.5) is 0 Å². The quantitative estimate of drug-likeness (QED) is 0.186. The van der Waals surface area contributed by atoms with Gasteiger partial charge in [-0.25, -0.2) is 0 Å². The van der Waals surface area contributed by atoms with Crippen LogP contribution in [0.3, 0.4) is 0 Å². The maximum absolute atomic E-state index is 4.71. The van der Waals surface area contributed by atoms with Crippen LogP contribution in [0.15, 0.2) is 4.90 Å². The fourth-order valence-corrected chi connectivity index (χ4v) is 8.49. The van der Waals surface area contributed by atoms with Crippen molar-refractivity contribution in [2.45, 2.75) is 57.6 Å². The Kier molecular flexibility index (Phi) is 6.36. The molecule has 0 saturated heterocycles. The van der Waals surface area contributed by atoms with Gasteiger partial charge in [-0.3, -0.25) is 0 Å². The first-order valence-corrected chi connectivity index (χ1v) is 15.7. The van der Waals surface area contributed by atoms with Gasteiger partial charge in [0.1, 0.15) is 30.1 Å². The number of rotatable bonds is 4. The summed E-state index contributed by atoms with van der Waals surface area (Å²) in [5.74, 6) is 9.91. The predicted octanol–water partition coefficient (Wildman–Crippen LogP) is 6.65. The highest BCUT2D eigenvalue weighted by Gasteiger charge is 2.26. The highest BCUT2D eigenvalue weighted by Crippen LogP contribution is 2.43. The Morgan fingerprint density at radius 3 is 1.90 bits per heavy atom. The number of benzene rings is 2. The molecule has 0 amide bonds. The van der Waals surface area contributed by atoms with Crippen molar-refractivity contribution in [3.63, 3.8) is 0 Å². The molecule has 0 atom stereocenters. The number of thioether (sulfide) groups is 1. The first kappa shape index (κ1) is 22.2. The molecule has 0 spiro atoms. The lowest BCUT2D eigenvalue weighted by Crippen LogP contribution is -2.29.